The minimum Gasteiger partial charge on any atom is -0.508 e. The number of urea groups is 1. The van der Waals surface area contributed by atoms with Gasteiger partial charge < -0.3 is 26.2 Å². The van der Waals surface area contributed by atoms with Crippen molar-refractivity contribution in [3.05, 3.63) is 23.8 Å². The van der Waals surface area contributed by atoms with E-state index in [0.717, 1.165) is 6.07 Å². The number of aromatic hydroxyl groups is 1. The number of carbonyl (C=O) groups excluding carboxylic acids is 2. The van der Waals surface area contributed by atoms with Gasteiger partial charge in [-0.1, -0.05) is 0 Å². The molecule has 1 aromatic carbocycles. The smallest absolute Gasteiger partial charge is 0.337 e. The summed E-state index contributed by atoms with van der Waals surface area (Å²) in [6.07, 6.45) is 1.09. The van der Waals surface area contributed by atoms with Gasteiger partial charge in [-0.3, -0.25) is 4.79 Å². The number of aromatic carboxylic acids is 1. The van der Waals surface area contributed by atoms with Crippen molar-refractivity contribution in [3.8, 4) is 5.75 Å². The summed E-state index contributed by atoms with van der Waals surface area (Å²) in [5.74, 6) is -1.51. The molecule has 0 spiro atoms. The second kappa shape index (κ2) is 6.12. The van der Waals surface area contributed by atoms with E-state index in [9.17, 15) is 19.5 Å². The van der Waals surface area contributed by atoms with E-state index in [4.69, 9.17) is 5.11 Å². The summed E-state index contributed by atoms with van der Waals surface area (Å²) in [6.45, 7) is 0.262. The molecule has 1 fully saturated rings. The van der Waals surface area contributed by atoms with Gasteiger partial charge >= 0.3 is 12.0 Å². The van der Waals surface area contributed by atoms with Crippen molar-refractivity contribution < 1.29 is 24.6 Å². The fraction of sp³-hybridized carbons (Fsp3) is 0.308. The zero-order chi connectivity index (χ0) is 15.4. The lowest BCUT2D eigenvalue weighted by molar-refractivity contribution is -0.119. The van der Waals surface area contributed by atoms with E-state index in [1.54, 1.807) is 0 Å². The molecule has 21 heavy (non-hydrogen) atoms. The second-order valence-corrected chi connectivity index (χ2v) is 4.67. The number of carboxylic acid groups (broad SMARTS) is 1. The van der Waals surface area contributed by atoms with Gasteiger partial charge in [0.25, 0.3) is 0 Å². The molecule has 8 nitrogen and oxygen atoms in total. The van der Waals surface area contributed by atoms with Crippen LogP contribution in [0.2, 0.25) is 0 Å². The van der Waals surface area contributed by atoms with Crippen LogP contribution in [0, 0.1) is 0 Å². The Morgan fingerprint density at radius 1 is 1.38 bits per heavy atom. The van der Waals surface area contributed by atoms with E-state index in [1.165, 1.54) is 12.1 Å². The predicted octanol–water partition coefficient (Wildman–Crippen LogP) is 0.491. The molecule has 3 amide bonds. The number of amides is 3. The van der Waals surface area contributed by atoms with Crippen molar-refractivity contribution in [2.75, 3.05) is 11.9 Å². The van der Waals surface area contributed by atoms with Crippen molar-refractivity contribution >= 4 is 23.6 Å². The van der Waals surface area contributed by atoms with Gasteiger partial charge in [0.15, 0.2) is 0 Å². The van der Waals surface area contributed by atoms with E-state index < -0.39 is 12.0 Å². The highest BCUT2D eigenvalue weighted by atomic mass is 16.4. The van der Waals surface area contributed by atoms with Gasteiger partial charge in [-0.15, -0.1) is 0 Å². The topological polar surface area (TPSA) is 128 Å². The average molecular weight is 293 g/mol. The molecule has 1 heterocycles. The lowest BCUT2D eigenvalue weighted by atomic mass is 10.1. The van der Waals surface area contributed by atoms with E-state index in [0.29, 0.717) is 12.8 Å². The summed E-state index contributed by atoms with van der Waals surface area (Å²) in [5.41, 5.74) is -0.132. The first kappa shape index (κ1) is 14.6. The zero-order valence-electron chi connectivity index (χ0n) is 11.0. The number of carbonyl (C=O) groups is 3. The molecule has 0 aliphatic carbocycles. The van der Waals surface area contributed by atoms with E-state index in [2.05, 4.69) is 16.0 Å². The molecule has 112 valence electrons. The number of hydrogen-bond acceptors (Lipinski definition) is 4. The maximum atomic E-state index is 11.7. The molecule has 1 aromatic rings. The van der Waals surface area contributed by atoms with Crippen LogP contribution < -0.4 is 16.0 Å². The monoisotopic (exact) mass is 293 g/mol. The van der Waals surface area contributed by atoms with Crippen LogP contribution in [-0.4, -0.2) is 40.7 Å². The number of phenolic OH excluding ortho intramolecular Hbond substituents is 1. The summed E-state index contributed by atoms with van der Waals surface area (Å²) < 4.78 is 0. The highest BCUT2D eigenvalue weighted by molar-refractivity contribution is 6.00. The molecule has 0 bridgehead atoms. The van der Waals surface area contributed by atoms with E-state index in [1.807, 2.05) is 0 Å². The van der Waals surface area contributed by atoms with Gasteiger partial charge in [0.05, 0.1) is 11.3 Å². The molecular weight excluding hydrogens is 278 g/mol. The maximum Gasteiger partial charge on any atom is 0.337 e. The molecule has 1 saturated heterocycles. The van der Waals surface area contributed by atoms with Crippen LogP contribution in [0.1, 0.15) is 23.2 Å². The van der Waals surface area contributed by atoms with Gasteiger partial charge in [0.1, 0.15) is 5.75 Å². The van der Waals surface area contributed by atoms with Crippen LogP contribution in [0.4, 0.5) is 10.5 Å². The first-order valence-corrected chi connectivity index (χ1v) is 6.36. The molecule has 5 N–H and O–H groups in total. The Morgan fingerprint density at radius 2 is 2.14 bits per heavy atom. The SMILES string of the molecule is O=C1CCC(CNC(=O)Nc2ccc(O)cc2C(=O)O)N1. The van der Waals surface area contributed by atoms with Gasteiger partial charge in [-0.25, -0.2) is 9.59 Å². The van der Waals surface area contributed by atoms with Gasteiger partial charge in [0, 0.05) is 19.0 Å². The third-order valence-electron chi connectivity index (χ3n) is 3.08. The highest BCUT2D eigenvalue weighted by Gasteiger charge is 2.21. The van der Waals surface area contributed by atoms with Crippen LogP contribution in [0.25, 0.3) is 0 Å². The van der Waals surface area contributed by atoms with Gasteiger partial charge in [0.2, 0.25) is 5.91 Å². The van der Waals surface area contributed by atoms with Gasteiger partial charge in [-0.2, -0.15) is 0 Å². The molecule has 1 aliphatic rings. The van der Waals surface area contributed by atoms with Crippen molar-refractivity contribution in [1.82, 2.24) is 10.6 Å². The van der Waals surface area contributed by atoms with Crippen LogP contribution in [-0.2, 0) is 4.79 Å². The molecule has 0 radical (unpaired) electrons. The van der Waals surface area contributed by atoms with Crippen LogP contribution >= 0.6 is 0 Å². The normalized spacial score (nSPS) is 17.1. The summed E-state index contributed by atoms with van der Waals surface area (Å²) in [7, 11) is 0. The number of carboxylic acids is 1. The first-order chi connectivity index (χ1) is 9.95. The second-order valence-electron chi connectivity index (χ2n) is 4.67. The fourth-order valence-corrected chi connectivity index (χ4v) is 2.03. The largest absolute Gasteiger partial charge is 0.508 e. The Morgan fingerprint density at radius 3 is 2.76 bits per heavy atom. The van der Waals surface area contributed by atoms with E-state index in [-0.39, 0.29) is 35.5 Å². The number of rotatable bonds is 4. The summed E-state index contributed by atoms with van der Waals surface area (Å²) in [4.78, 5) is 33.8. The number of benzene rings is 1. The Kier molecular flexibility index (Phi) is 4.27. The molecule has 2 rings (SSSR count). The minimum atomic E-state index is -1.26. The fourth-order valence-electron chi connectivity index (χ4n) is 2.03. The third-order valence-corrected chi connectivity index (χ3v) is 3.08. The first-order valence-electron chi connectivity index (χ1n) is 6.36. The Hall–Kier alpha value is -2.77. The zero-order valence-corrected chi connectivity index (χ0v) is 11.0. The molecule has 1 aliphatic heterocycles. The Labute approximate surface area is 120 Å². The van der Waals surface area contributed by atoms with Crippen LogP contribution in [0.3, 0.4) is 0 Å². The number of phenols is 1. The quantitative estimate of drug-likeness (QED) is 0.516. The summed E-state index contributed by atoms with van der Waals surface area (Å²) >= 11 is 0. The number of nitrogens with one attached hydrogen (secondary N) is 3. The molecule has 1 unspecified atom stereocenters. The minimum absolute atomic E-state index is 0.0473. The van der Waals surface area contributed by atoms with E-state index >= 15 is 0 Å². The molecule has 1 atom stereocenters. The summed E-state index contributed by atoms with van der Waals surface area (Å²) in [5, 5.41) is 25.9. The van der Waals surface area contributed by atoms with Crippen LogP contribution in [0.15, 0.2) is 18.2 Å². The Bertz CT molecular complexity index is 587. The number of hydrogen-bond donors (Lipinski definition) is 5. The lowest BCUT2D eigenvalue weighted by Gasteiger charge is -2.13. The Balaban J connectivity index is 1.93. The standard InChI is InChI=1S/C13H15N3O5/c17-8-2-3-10(9(5-8)12(19)20)16-13(21)14-6-7-1-4-11(18)15-7/h2-3,5,7,17H,1,4,6H2,(H,15,18)(H,19,20)(H2,14,16,21). The third kappa shape index (κ3) is 3.85. The maximum absolute atomic E-state index is 11.7. The van der Waals surface area contributed by atoms with Crippen molar-refractivity contribution in [2.24, 2.45) is 0 Å². The molecule has 0 aromatic heterocycles. The number of anilines is 1. The predicted molar refractivity (Wildman–Crippen MR) is 73.3 cm³/mol. The van der Waals surface area contributed by atoms with Gasteiger partial charge in [-0.05, 0) is 24.6 Å². The molecule has 8 heteroatoms. The lowest BCUT2D eigenvalue weighted by Crippen LogP contribution is -2.40. The van der Waals surface area contributed by atoms with Crippen molar-refractivity contribution in [3.63, 3.8) is 0 Å². The highest BCUT2D eigenvalue weighted by Crippen LogP contribution is 2.21. The average Bonchev–Trinajstić information content (AvgIpc) is 2.84. The molecular formula is C13H15N3O5. The van der Waals surface area contributed by atoms with Crippen molar-refractivity contribution in [2.45, 2.75) is 18.9 Å². The molecule has 0 saturated carbocycles. The van der Waals surface area contributed by atoms with Crippen molar-refractivity contribution in [1.29, 1.82) is 0 Å². The van der Waals surface area contributed by atoms with Crippen LogP contribution in [0.5, 0.6) is 5.75 Å². The summed E-state index contributed by atoms with van der Waals surface area (Å²) in [6, 6.07) is 2.94.